The van der Waals surface area contributed by atoms with Gasteiger partial charge in [-0.3, -0.25) is 0 Å². The molecule has 0 bridgehead atoms. The lowest BCUT2D eigenvalue weighted by Gasteiger charge is -2.09. The van der Waals surface area contributed by atoms with Crippen LogP contribution in [0.2, 0.25) is 0 Å². The summed E-state index contributed by atoms with van der Waals surface area (Å²) in [4.78, 5) is 20.8. The van der Waals surface area contributed by atoms with Gasteiger partial charge < -0.3 is 10.1 Å². The third-order valence-corrected chi connectivity index (χ3v) is 4.48. The van der Waals surface area contributed by atoms with Crippen LogP contribution in [0.4, 0.5) is 20.3 Å². The van der Waals surface area contributed by atoms with Gasteiger partial charge in [0.2, 0.25) is 0 Å². The summed E-state index contributed by atoms with van der Waals surface area (Å²) in [6, 6.07) is 3.56. The summed E-state index contributed by atoms with van der Waals surface area (Å²) in [5.41, 5.74) is 0.286. The predicted octanol–water partition coefficient (Wildman–Crippen LogP) is 3.81. The minimum absolute atomic E-state index is 0.225. The molecule has 0 spiro atoms. The summed E-state index contributed by atoms with van der Waals surface area (Å²) in [6.45, 7) is 1.71. The number of methoxy groups -OCH3 is 1. The van der Waals surface area contributed by atoms with E-state index in [1.54, 1.807) is 6.92 Å². The van der Waals surface area contributed by atoms with Crippen LogP contribution in [0.1, 0.15) is 15.2 Å². The molecule has 1 N–H and O–H groups in total. The average Bonchev–Trinajstić information content (AvgIpc) is 2.88. The molecule has 2 aromatic heterocycles. The molecule has 0 radical (unpaired) electrons. The number of rotatable bonds is 3. The largest absolute Gasteiger partial charge is 0.465 e. The maximum atomic E-state index is 13.8. The highest BCUT2D eigenvalue weighted by Gasteiger charge is 2.20. The monoisotopic (exact) mass is 335 g/mol. The zero-order chi connectivity index (χ0) is 16.6. The van der Waals surface area contributed by atoms with Crippen molar-refractivity contribution < 1.29 is 18.3 Å². The highest BCUT2D eigenvalue weighted by molar-refractivity contribution is 7.20. The number of thiophene rings is 1. The number of halogens is 2. The Morgan fingerprint density at radius 3 is 2.61 bits per heavy atom. The van der Waals surface area contributed by atoms with E-state index in [1.165, 1.54) is 19.5 Å². The third-order valence-electron chi connectivity index (χ3n) is 3.30. The van der Waals surface area contributed by atoms with Crippen molar-refractivity contribution in [3.05, 3.63) is 46.6 Å². The molecule has 3 aromatic rings. The SMILES string of the molecule is COC(=O)c1sc2ncnc(Nc3c(F)cccc3F)c2c1C. The van der Waals surface area contributed by atoms with E-state index in [1.807, 2.05) is 0 Å². The van der Waals surface area contributed by atoms with Crippen LogP contribution in [0.3, 0.4) is 0 Å². The van der Waals surface area contributed by atoms with E-state index in [0.717, 1.165) is 23.5 Å². The number of carbonyl (C=O) groups is 1. The van der Waals surface area contributed by atoms with E-state index in [9.17, 15) is 13.6 Å². The number of esters is 1. The highest BCUT2D eigenvalue weighted by atomic mass is 32.1. The van der Waals surface area contributed by atoms with Crippen LogP contribution in [0, 0.1) is 18.6 Å². The van der Waals surface area contributed by atoms with Crippen molar-refractivity contribution in [3.8, 4) is 0 Å². The maximum Gasteiger partial charge on any atom is 0.348 e. The van der Waals surface area contributed by atoms with Crippen LogP contribution in [-0.2, 0) is 4.74 Å². The fraction of sp³-hybridized carbons (Fsp3) is 0.133. The Labute approximate surface area is 134 Å². The summed E-state index contributed by atoms with van der Waals surface area (Å²) < 4.78 is 32.3. The molecule has 0 aliphatic rings. The number of aromatic nitrogens is 2. The number of carbonyl (C=O) groups excluding carboxylic acids is 1. The first-order valence-corrected chi connectivity index (χ1v) is 7.38. The standard InChI is InChI=1S/C15H11F2N3O2S/c1-7-10-13(20-11-8(16)4-3-5-9(11)17)18-6-19-14(10)23-12(7)15(21)22-2/h3-6H,1-2H3,(H,18,19,20). The van der Waals surface area contributed by atoms with E-state index >= 15 is 0 Å². The van der Waals surface area contributed by atoms with Crippen LogP contribution in [0.25, 0.3) is 10.2 Å². The second-order valence-corrected chi connectivity index (χ2v) is 5.67. The van der Waals surface area contributed by atoms with Crippen molar-refractivity contribution in [2.24, 2.45) is 0 Å². The quantitative estimate of drug-likeness (QED) is 0.738. The lowest BCUT2D eigenvalue weighted by molar-refractivity contribution is 0.0605. The zero-order valence-corrected chi connectivity index (χ0v) is 13.0. The number of ether oxygens (including phenoxy) is 1. The number of aryl methyl sites for hydroxylation is 1. The maximum absolute atomic E-state index is 13.8. The first kappa shape index (κ1) is 15.3. The van der Waals surface area contributed by atoms with Crippen molar-refractivity contribution in [2.45, 2.75) is 6.92 Å². The van der Waals surface area contributed by atoms with E-state index in [-0.39, 0.29) is 11.5 Å². The summed E-state index contributed by atoms with van der Waals surface area (Å²) >= 11 is 1.14. The summed E-state index contributed by atoms with van der Waals surface area (Å²) in [6.07, 6.45) is 1.26. The third kappa shape index (κ3) is 2.61. The second kappa shape index (κ2) is 5.88. The van der Waals surface area contributed by atoms with Gasteiger partial charge in [-0.25, -0.2) is 23.5 Å². The Bertz CT molecular complexity index is 891. The lowest BCUT2D eigenvalue weighted by atomic mass is 10.2. The zero-order valence-electron chi connectivity index (χ0n) is 12.2. The van der Waals surface area contributed by atoms with Gasteiger partial charge in [-0.05, 0) is 24.6 Å². The second-order valence-electron chi connectivity index (χ2n) is 4.67. The van der Waals surface area contributed by atoms with Crippen molar-refractivity contribution in [2.75, 3.05) is 12.4 Å². The van der Waals surface area contributed by atoms with Gasteiger partial charge in [0.15, 0.2) is 0 Å². The van der Waals surface area contributed by atoms with Crippen molar-refractivity contribution in [1.29, 1.82) is 0 Å². The molecular weight excluding hydrogens is 324 g/mol. The van der Waals surface area contributed by atoms with Crippen molar-refractivity contribution in [3.63, 3.8) is 0 Å². The van der Waals surface area contributed by atoms with E-state index in [2.05, 4.69) is 15.3 Å². The minimum atomic E-state index is -0.738. The lowest BCUT2D eigenvalue weighted by Crippen LogP contribution is -2.02. The summed E-state index contributed by atoms with van der Waals surface area (Å²) in [7, 11) is 1.28. The molecule has 0 atom stereocenters. The predicted molar refractivity (Wildman–Crippen MR) is 83.1 cm³/mol. The van der Waals surface area contributed by atoms with Crippen LogP contribution in [0.15, 0.2) is 24.5 Å². The number of benzene rings is 1. The van der Waals surface area contributed by atoms with Crippen molar-refractivity contribution >= 4 is 39.0 Å². The number of nitrogens with zero attached hydrogens (tertiary/aromatic N) is 2. The molecule has 0 amide bonds. The molecule has 0 saturated heterocycles. The fourth-order valence-electron chi connectivity index (χ4n) is 2.19. The molecule has 118 valence electrons. The molecule has 0 saturated carbocycles. The molecule has 1 aromatic carbocycles. The van der Waals surface area contributed by atoms with Gasteiger partial charge in [0, 0.05) is 0 Å². The van der Waals surface area contributed by atoms with Gasteiger partial charge in [0.05, 0.1) is 12.5 Å². The molecule has 0 aliphatic heterocycles. The van der Waals surface area contributed by atoms with E-state index in [4.69, 9.17) is 4.74 Å². The molecule has 3 rings (SSSR count). The van der Waals surface area contributed by atoms with E-state index < -0.39 is 17.6 Å². The summed E-state index contributed by atoms with van der Waals surface area (Å²) in [5.74, 6) is -1.74. The topological polar surface area (TPSA) is 64.1 Å². The molecule has 0 aliphatic carbocycles. The first-order valence-electron chi connectivity index (χ1n) is 6.56. The Hall–Kier alpha value is -2.61. The molecule has 8 heteroatoms. The highest BCUT2D eigenvalue weighted by Crippen LogP contribution is 2.35. The molecule has 2 heterocycles. The normalized spacial score (nSPS) is 10.8. The van der Waals surface area contributed by atoms with Gasteiger partial charge in [0.1, 0.15) is 39.2 Å². The van der Waals surface area contributed by atoms with Crippen LogP contribution < -0.4 is 5.32 Å². The van der Waals surface area contributed by atoms with E-state index in [0.29, 0.717) is 20.7 Å². The van der Waals surface area contributed by atoms with Crippen LogP contribution in [0.5, 0.6) is 0 Å². The minimum Gasteiger partial charge on any atom is -0.465 e. The number of nitrogens with one attached hydrogen (secondary N) is 1. The Kier molecular flexibility index (Phi) is 3.91. The number of hydrogen-bond donors (Lipinski definition) is 1. The van der Waals surface area contributed by atoms with Gasteiger partial charge >= 0.3 is 5.97 Å². The molecular formula is C15H11F2N3O2S. The average molecular weight is 335 g/mol. The van der Waals surface area contributed by atoms with Gasteiger partial charge in [0.25, 0.3) is 0 Å². The Balaban J connectivity index is 2.15. The van der Waals surface area contributed by atoms with Crippen LogP contribution in [-0.4, -0.2) is 23.0 Å². The molecule has 0 unspecified atom stereocenters. The molecule has 23 heavy (non-hydrogen) atoms. The van der Waals surface area contributed by atoms with Gasteiger partial charge in [-0.2, -0.15) is 0 Å². The summed E-state index contributed by atoms with van der Waals surface area (Å²) in [5, 5.41) is 3.18. The Morgan fingerprint density at radius 1 is 1.26 bits per heavy atom. The molecule has 5 nitrogen and oxygen atoms in total. The number of hydrogen-bond acceptors (Lipinski definition) is 6. The first-order chi connectivity index (χ1) is 11.0. The smallest absolute Gasteiger partial charge is 0.348 e. The molecule has 0 fully saturated rings. The Morgan fingerprint density at radius 2 is 1.96 bits per heavy atom. The number of para-hydroxylation sites is 1. The van der Waals surface area contributed by atoms with Crippen molar-refractivity contribution in [1.82, 2.24) is 9.97 Å². The number of fused-ring (bicyclic) bond motifs is 1. The van der Waals surface area contributed by atoms with Crippen LogP contribution >= 0.6 is 11.3 Å². The fourth-order valence-corrected chi connectivity index (χ4v) is 3.26. The van der Waals surface area contributed by atoms with Gasteiger partial charge in [-0.1, -0.05) is 6.07 Å². The number of anilines is 2. The van der Waals surface area contributed by atoms with Gasteiger partial charge in [-0.15, -0.1) is 11.3 Å².